The van der Waals surface area contributed by atoms with E-state index in [-0.39, 0.29) is 0 Å². The molecule has 0 aliphatic rings. The molecule has 0 spiro atoms. The topological polar surface area (TPSA) is 0 Å². The summed E-state index contributed by atoms with van der Waals surface area (Å²) in [7, 11) is 0. The van der Waals surface area contributed by atoms with E-state index in [1.54, 1.807) is 0 Å². The van der Waals surface area contributed by atoms with Crippen molar-refractivity contribution in [3.63, 3.8) is 0 Å². The molecule has 0 saturated carbocycles. The fourth-order valence-corrected chi connectivity index (χ4v) is 0.570. The number of hydrogen-bond donors (Lipinski definition) is 0. The lowest BCUT2D eigenvalue weighted by molar-refractivity contribution is 0.737. The second kappa shape index (κ2) is 7.12. The monoisotopic (exact) mass is 119 g/mol. The number of hydrogen-bond acceptors (Lipinski definition) is 0. The molecule has 0 atom stereocenters. The Bertz CT molecular complexity index is 138. The molecule has 0 fully saturated rings. The highest BCUT2D eigenvalue weighted by Gasteiger charge is 1.78. The van der Waals surface area contributed by atoms with E-state index < -0.39 is 0 Å². The Hall–Kier alpha value is -0.880. The molecule has 0 heteroatoms. The van der Waals surface area contributed by atoms with Crippen molar-refractivity contribution in [2.75, 3.05) is 0 Å². The van der Waals surface area contributed by atoms with E-state index >= 15 is 0 Å². The van der Waals surface area contributed by atoms with Crippen LogP contribution in [0.4, 0.5) is 0 Å². The van der Waals surface area contributed by atoms with Gasteiger partial charge in [0.2, 0.25) is 0 Å². The molecule has 0 aromatic heterocycles. The SMILES string of the molecule is [C]#CC#CCCCCC. The van der Waals surface area contributed by atoms with Crippen LogP contribution >= 0.6 is 0 Å². The lowest BCUT2D eigenvalue weighted by atomic mass is 10.2. The van der Waals surface area contributed by atoms with Crippen molar-refractivity contribution in [2.45, 2.75) is 32.6 Å². The Morgan fingerprint density at radius 1 is 1.33 bits per heavy atom. The third-order valence-electron chi connectivity index (χ3n) is 1.06. The fourth-order valence-electron chi connectivity index (χ4n) is 0.570. The normalized spacial score (nSPS) is 7.11. The van der Waals surface area contributed by atoms with Crippen LogP contribution in [0.3, 0.4) is 0 Å². The largest absolute Gasteiger partial charge is 0.0891 e. The molecule has 0 aliphatic heterocycles. The lowest BCUT2D eigenvalue weighted by Crippen LogP contribution is -1.69. The first-order valence-electron chi connectivity index (χ1n) is 3.31. The van der Waals surface area contributed by atoms with Gasteiger partial charge in [-0.2, -0.15) is 0 Å². The van der Waals surface area contributed by atoms with E-state index in [1.807, 2.05) is 5.92 Å². The van der Waals surface area contributed by atoms with Gasteiger partial charge in [0, 0.05) is 6.42 Å². The van der Waals surface area contributed by atoms with E-state index in [0.29, 0.717) is 0 Å². The van der Waals surface area contributed by atoms with E-state index in [4.69, 9.17) is 6.42 Å². The minimum Gasteiger partial charge on any atom is -0.0891 e. The van der Waals surface area contributed by atoms with E-state index in [2.05, 4.69) is 18.8 Å². The van der Waals surface area contributed by atoms with Crippen molar-refractivity contribution in [2.24, 2.45) is 0 Å². The summed E-state index contributed by atoms with van der Waals surface area (Å²) in [5.74, 6) is 7.33. The minimum atomic E-state index is 0.916. The first-order chi connectivity index (χ1) is 4.41. The van der Waals surface area contributed by atoms with Crippen LogP contribution in [0.1, 0.15) is 32.6 Å². The van der Waals surface area contributed by atoms with Crippen LogP contribution in [0.2, 0.25) is 0 Å². The molecule has 0 aromatic rings. The van der Waals surface area contributed by atoms with Crippen molar-refractivity contribution >= 4 is 0 Å². The number of rotatable bonds is 3. The summed E-state index contributed by atoms with van der Waals surface area (Å²) in [5.41, 5.74) is 0. The standard InChI is InChI=1S/C9H11/c1-3-5-7-9-8-6-4-2/h3,5,7,9H2,1H3. The molecule has 1 radical (unpaired) electrons. The van der Waals surface area contributed by atoms with Crippen molar-refractivity contribution < 1.29 is 0 Å². The highest BCUT2D eigenvalue weighted by molar-refractivity contribution is 5.18. The average molecular weight is 119 g/mol. The third kappa shape index (κ3) is 7.12. The second-order valence-electron chi connectivity index (χ2n) is 1.88. The summed E-state index contributed by atoms with van der Waals surface area (Å²) < 4.78 is 0. The van der Waals surface area contributed by atoms with Gasteiger partial charge in [-0.15, -0.1) is 0 Å². The van der Waals surface area contributed by atoms with Crippen molar-refractivity contribution in [1.29, 1.82) is 0 Å². The first kappa shape index (κ1) is 8.12. The summed E-state index contributed by atoms with van der Waals surface area (Å²) in [6.07, 6.45) is 11.0. The molecule has 0 saturated heterocycles. The maximum atomic E-state index is 6.46. The molecule has 0 rings (SSSR count). The molecular formula is C9H11. The quantitative estimate of drug-likeness (QED) is 0.394. The third-order valence-corrected chi connectivity index (χ3v) is 1.06. The van der Waals surface area contributed by atoms with Crippen LogP contribution in [-0.4, -0.2) is 0 Å². The molecule has 0 bridgehead atoms. The number of unbranched alkanes of at least 4 members (excludes halogenated alkanes) is 3. The average Bonchev–Trinajstić information content (AvgIpc) is 1.89. The fraction of sp³-hybridized carbons (Fsp3) is 0.556. The molecule has 0 heterocycles. The Morgan fingerprint density at radius 3 is 2.67 bits per heavy atom. The zero-order valence-electron chi connectivity index (χ0n) is 5.83. The van der Waals surface area contributed by atoms with E-state index in [9.17, 15) is 0 Å². The van der Waals surface area contributed by atoms with Crippen LogP contribution < -0.4 is 0 Å². The van der Waals surface area contributed by atoms with Gasteiger partial charge in [-0.3, -0.25) is 0 Å². The van der Waals surface area contributed by atoms with Crippen LogP contribution in [0.15, 0.2) is 0 Å². The van der Waals surface area contributed by atoms with Gasteiger partial charge >= 0.3 is 0 Å². The van der Waals surface area contributed by atoms with Crippen molar-refractivity contribution in [3.05, 3.63) is 6.42 Å². The lowest BCUT2D eigenvalue weighted by Gasteiger charge is -1.86. The summed E-state index contributed by atoms with van der Waals surface area (Å²) >= 11 is 0. The molecular weight excluding hydrogens is 108 g/mol. The highest BCUT2D eigenvalue weighted by Crippen LogP contribution is 1.96. The van der Waals surface area contributed by atoms with Gasteiger partial charge in [0.1, 0.15) is 0 Å². The van der Waals surface area contributed by atoms with E-state index in [0.717, 1.165) is 12.8 Å². The van der Waals surface area contributed by atoms with Gasteiger partial charge < -0.3 is 0 Å². The van der Waals surface area contributed by atoms with Gasteiger partial charge in [0.25, 0.3) is 0 Å². The maximum Gasteiger partial charge on any atom is 0.00989 e. The smallest absolute Gasteiger partial charge is 0.00989 e. The Labute approximate surface area is 57.7 Å². The minimum absolute atomic E-state index is 0.916. The van der Waals surface area contributed by atoms with Crippen LogP contribution in [-0.2, 0) is 0 Å². The summed E-state index contributed by atoms with van der Waals surface area (Å²) in [6, 6.07) is 0. The van der Waals surface area contributed by atoms with Crippen molar-refractivity contribution in [1.82, 2.24) is 0 Å². The highest BCUT2D eigenvalue weighted by atomic mass is 13.8. The summed E-state index contributed by atoms with van der Waals surface area (Å²) in [4.78, 5) is 0. The summed E-state index contributed by atoms with van der Waals surface area (Å²) in [6.45, 7) is 2.16. The molecule has 47 valence electrons. The van der Waals surface area contributed by atoms with Gasteiger partial charge in [0.05, 0.1) is 0 Å². The molecule has 0 amide bonds. The van der Waals surface area contributed by atoms with E-state index in [1.165, 1.54) is 12.8 Å². The van der Waals surface area contributed by atoms with Gasteiger partial charge in [-0.05, 0) is 24.7 Å². The predicted octanol–water partition coefficient (Wildman–Crippen LogP) is 2.16. The van der Waals surface area contributed by atoms with Crippen LogP contribution in [0.5, 0.6) is 0 Å². The van der Waals surface area contributed by atoms with Crippen LogP contribution in [0, 0.1) is 24.2 Å². The molecule has 0 aromatic carbocycles. The first-order valence-corrected chi connectivity index (χ1v) is 3.31. The molecule has 0 nitrogen and oxygen atoms in total. The Morgan fingerprint density at radius 2 is 2.11 bits per heavy atom. The zero-order valence-corrected chi connectivity index (χ0v) is 5.83. The zero-order chi connectivity index (χ0) is 6.95. The van der Waals surface area contributed by atoms with Gasteiger partial charge in [-0.1, -0.05) is 25.7 Å². The molecule has 0 aliphatic carbocycles. The predicted molar refractivity (Wildman–Crippen MR) is 39.0 cm³/mol. The van der Waals surface area contributed by atoms with Crippen LogP contribution in [0.25, 0.3) is 0 Å². The van der Waals surface area contributed by atoms with Gasteiger partial charge in [0.15, 0.2) is 0 Å². The maximum absolute atomic E-state index is 6.46. The molecule has 0 unspecified atom stereocenters. The van der Waals surface area contributed by atoms with Gasteiger partial charge in [-0.25, -0.2) is 0 Å². The molecule has 9 heavy (non-hydrogen) atoms. The Balaban J connectivity index is 3.02. The Kier molecular flexibility index (Phi) is 6.42. The molecule has 0 N–H and O–H groups in total. The van der Waals surface area contributed by atoms with Crippen molar-refractivity contribution in [3.8, 4) is 17.8 Å². The second-order valence-corrected chi connectivity index (χ2v) is 1.88. The summed E-state index contributed by atoms with van der Waals surface area (Å²) in [5, 5.41) is 0.